The first-order chi connectivity index (χ1) is 16.4. The van der Waals surface area contributed by atoms with Gasteiger partial charge in [0.1, 0.15) is 0 Å². The van der Waals surface area contributed by atoms with Crippen molar-refractivity contribution in [3.63, 3.8) is 0 Å². The van der Waals surface area contributed by atoms with E-state index in [0.717, 1.165) is 30.4 Å². The molecule has 0 unspecified atom stereocenters. The minimum Gasteiger partial charge on any atom is -0.396 e. The van der Waals surface area contributed by atoms with Crippen LogP contribution in [0.25, 0.3) is 5.57 Å². The summed E-state index contributed by atoms with van der Waals surface area (Å²) in [7, 11) is 0. The van der Waals surface area contributed by atoms with Crippen LogP contribution in [-0.2, 0) is 16.1 Å². The molecule has 1 saturated heterocycles. The van der Waals surface area contributed by atoms with Crippen LogP contribution in [0.15, 0.2) is 53.3 Å². The maximum atomic E-state index is 13.6. The van der Waals surface area contributed by atoms with E-state index in [1.54, 1.807) is 9.47 Å². The predicted octanol–water partition coefficient (Wildman–Crippen LogP) is 2.80. The molecular weight excluding hydrogens is 430 g/mol. The van der Waals surface area contributed by atoms with Gasteiger partial charge in [-0.25, -0.2) is 0 Å². The maximum absolute atomic E-state index is 13.6. The zero-order chi connectivity index (χ0) is 24.0. The van der Waals surface area contributed by atoms with Crippen LogP contribution in [-0.4, -0.2) is 39.0 Å². The Labute approximate surface area is 199 Å². The Morgan fingerprint density at radius 3 is 2.59 bits per heavy atom. The fourth-order valence-corrected chi connectivity index (χ4v) is 6.13. The molecule has 1 aromatic carbocycles. The lowest BCUT2D eigenvalue weighted by molar-refractivity contribution is -0.134. The van der Waals surface area contributed by atoms with Crippen molar-refractivity contribution < 1.29 is 14.7 Å². The first-order valence-corrected chi connectivity index (χ1v) is 12.1. The lowest BCUT2D eigenvalue weighted by atomic mass is 9.86. The molecule has 7 heteroatoms. The molecule has 3 heterocycles. The summed E-state index contributed by atoms with van der Waals surface area (Å²) >= 11 is 0. The second-order valence-corrected chi connectivity index (χ2v) is 9.66. The molecule has 2 aliphatic heterocycles. The maximum Gasteiger partial charge on any atom is 0.258 e. The van der Waals surface area contributed by atoms with Crippen LogP contribution < -0.4 is 10.9 Å². The van der Waals surface area contributed by atoms with Gasteiger partial charge < -0.3 is 19.9 Å². The third-order valence-corrected chi connectivity index (χ3v) is 7.76. The summed E-state index contributed by atoms with van der Waals surface area (Å²) in [5.74, 6) is -1.46. The number of benzene rings is 1. The number of aliphatic hydroxyl groups excluding tert-OH is 1. The number of allylic oxidation sites excluding steroid dienone is 2. The Kier molecular flexibility index (Phi) is 5.90. The number of hydrogen-bond donors (Lipinski definition) is 2. The van der Waals surface area contributed by atoms with Crippen molar-refractivity contribution >= 4 is 17.4 Å². The second kappa shape index (κ2) is 8.87. The standard InChI is InChI=1S/C27H31N3O4/c1-16(18-8-4-3-5-9-18)28-26(33)24-21(15-31)23-14-29-22(25(24)30(23)17(2)32)13-12-20(27(29)34)19-10-6-7-11-19/h3-5,8-10,12-13,16,21,23-25,31H,6-7,11,14-15H2,1-2H3,(H,28,33)/t16-,21-,23-,24+,25+/m1/s1. The number of aromatic nitrogens is 1. The van der Waals surface area contributed by atoms with Crippen LogP contribution in [0, 0.1) is 11.8 Å². The topological polar surface area (TPSA) is 91.6 Å². The highest BCUT2D eigenvalue weighted by Gasteiger charge is 2.56. The van der Waals surface area contributed by atoms with Crippen molar-refractivity contribution in [2.24, 2.45) is 11.8 Å². The predicted molar refractivity (Wildman–Crippen MR) is 129 cm³/mol. The van der Waals surface area contributed by atoms with Gasteiger partial charge in [-0.1, -0.05) is 36.4 Å². The van der Waals surface area contributed by atoms with Gasteiger partial charge in [0.2, 0.25) is 11.8 Å². The summed E-state index contributed by atoms with van der Waals surface area (Å²) < 4.78 is 1.74. The highest BCUT2D eigenvalue weighted by molar-refractivity contribution is 5.84. The number of hydrogen-bond acceptors (Lipinski definition) is 4. The number of aliphatic hydroxyl groups is 1. The van der Waals surface area contributed by atoms with Gasteiger partial charge in [-0.05, 0) is 49.5 Å². The number of carbonyl (C=O) groups excluding carboxylic acids is 2. The fourth-order valence-electron chi connectivity index (χ4n) is 6.13. The van der Waals surface area contributed by atoms with E-state index in [-0.39, 0.29) is 36.6 Å². The van der Waals surface area contributed by atoms with Gasteiger partial charge in [0, 0.05) is 37.3 Å². The molecule has 2 bridgehead atoms. The van der Waals surface area contributed by atoms with Crippen molar-refractivity contribution in [3.8, 4) is 0 Å². The molecule has 0 saturated carbocycles. The summed E-state index contributed by atoms with van der Waals surface area (Å²) in [6, 6.07) is 12.2. The van der Waals surface area contributed by atoms with E-state index < -0.39 is 23.9 Å². The minimum absolute atomic E-state index is 0.0701. The van der Waals surface area contributed by atoms with Gasteiger partial charge in [-0.2, -0.15) is 0 Å². The molecule has 2 N–H and O–H groups in total. The van der Waals surface area contributed by atoms with Crippen LogP contribution in [0.1, 0.15) is 62.0 Å². The van der Waals surface area contributed by atoms with Gasteiger partial charge in [0.15, 0.2) is 0 Å². The van der Waals surface area contributed by atoms with E-state index in [4.69, 9.17) is 0 Å². The monoisotopic (exact) mass is 461 g/mol. The number of amides is 2. The number of nitrogens with zero attached hydrogens (tertiary/aromatic N) is 2. The van der Waals surface area contributed by atoms with Gasteiger partial charge in [-0.15, -0.1) is 0 Å². The molecule has 5 rings (SSSR count). The lowest BCUT2D eigenvalue weighted by Crippen LogP contribution is -2.48. The highest BCUT2D eigenvalue weighted by Crippen LogP contribution is 2.48. The SMILES string of the molecule is CC(=O)N1[C@@H]2Cn3c(ccc(C4=CCCC4)c3=O)[C@H]1[C@@H](C(=O)N[C@H](C)c1ccccc1)[C@@H]2CO. The molecule has 0 radical (unpaired) electrons. The average molecular weight is 462 g/mol. The summed E-state index contributed by atoms with van der Waals surface area (Å²) in [6.45, 7) is 3.47. The summed E-state index contributed by atoms with van der Waals surface area (Å²) in [6.07, 6.45) is 5.05. The quantitative estimate of drug-likeness (QED) is 0.716. The number of nitrogens with one attached hydrogen (secondary N) is 1. The number of carbonyl (C=O) groups is 2. The second-order valence-electron chi connectivity index (χ2n) is 9.66. The lowest BCUT2D eigenvalue weighted by Gasteiger charge is -2.37. The highest BCUT2D eigenvalue weighted by atomic mass is 16.3. The van der Waals surface area contributed by atoms with E-state index >= 15 is 0 Å². The molecular formula is C27H31N3O4. The van der Waals surface area contributed by atoms with Gasteiger partial charge in [-0.3, -0.25) is 14.4 Å². The molecule has 1 aromatic heterocycles. The zero-order valence-corrected chi connectivity index (χ0v) is 19.6. The Morgan fingerprint density at radius 1 is 1.18 bits per heavy atom. The van der Waals surface area contributed by atoms with E-state index in [2.05, 4.69) is 11.4 Å². The van der Waals surface area contributed by atoms with Crippen LogP contribution in [0.5, 0.6) is 0 Å². The minimum atomic E-state index is -0.644. The Hall–Kier alpha value is -3.19. The number of rotatable bonds is 5. The molecule has 5 atom stereocenters. The third-order valence-electron chi connectivity index (χ3n) is 7.76. The van der Waals surface area contributed by atoms with E-state index in [1.807, 2.05) is 49.4 Å². The molecule has 2 amide bonds. The number of pyridine rings is 1. The Bertz CT molecular complexity index is 1200. The molecule has 1 aliphatic carbocycles. The molecule has 178 valence electrons. The van der Waals surface area contributed by atoms with Crippen molar-refractivity contribution in [1.82, 2.24) is 14.8 Å². The Balaban J connectivity index is 1.54. The van der Waals surface area contributed by atoms with Gasteiger partial charge >= 0.3 is 0 Å². The average Bonchev–Trinajstić information content (AvgIpc) is 3.44. The molecule has 7 nitrogen and oxygen atoms in total. The van der Waals surface area contributed by atoms with Crippen LogP contribution in [0.2, 0.25) is 0 Å². The molecule has 34 heavy (non-hydrogen) atoms. The largest absolute Gasteiger partial charge is 0.396 e. The summed E-state index contributed by atoms with van der Waals surface area (Å²) in [5, 5.41) is 13.4. The third kappa shape index (κ3) is 3.59. The van der Waals surface area contributed by atoms with Crippen LogP contribution >= 0.6 is 0 Å². The van der Waals surface area contributed by atoms with E-state index in [0.29, 0.717) is 11.3 Å². The van der Waals surface area contributed by atoms with Gasteiger partial charge in [0.25, 0.3) is 5.56 Å². The van der Waals surface area contributed by atoms with Crippen molar-refractivity contribution in [2.75, 3.05) is 6.61 Å². The Morgan fingerprint density at radius 2 is 1.94 bits per heavy atom. The van der Waals surface area contributed by atoms with Crippen molar-refractivity contribution in [2.45, 2.75) is 57.8 Å². The zero-order valence-electron chi connectivity index (χ0n) is 19.6. The van der Waals surface area contributed by atoms with Crippen LogP contribution in [0.3, 0.4) is 0 Å². The number of fused-ring (bicyclic) bond motifs is 4. The first kappa shape index (κ1) is 22.6. The van der Waals surface area contributed by atoms with Crippen LogP contribution in [0.4, 0.5) is 0 Å². The molecule has 1 fully saturated rings. The smallest absolute Gasteiger partial charge is 0.258 e. The normalized spacial score (nSPS) is 26.1. The van der Waals surface area contributed by atoms with Crippen molar-refractivity contribution in [3.05, 3.63) is 75.7 Å². The first-order valence-electron chi connectivity index (χ1n) is 12.1. The van der Waals surface area contributed by atoms with E-state index in [1.165, 1.54) is 6.92 Å². The molecule has 3 aliphatic rings. The van der Waals surface area contributed by atoms with Crippen molar-refractivity contribution in [1.29, 1.82) is 0 Å². The molecule has 2 aromatic rings. The summed E-state index contributed by atoms with van der Waals surface area (Å²) in [4.78, 5) is 41.5. The molecule has 0 spiro atoms. The van der Waals surface area contributed by atoms with Gasteiger partial charge in [0.05, 0.1) is 24.0 Å². The van der Waals surface area contributed by atoms with E-state index in [9.17, 15) is 19.5 Å². The summed E-state index contributed by atoms with van der Waals surface area (Å²) in [5.41, 5.74) is 3.36. The fraction of sp³-hybridized carbons (Fsp3) is 0.444.